The van der Waals surface area contributed by atoms with Crippen LogP contribution >= 0.6 is 15.6 Å². The molecule has 0 bridgehead atoms. The molecule has 0 heterocycles. The molecule has 0 aromatic carbocycles. The van der Waals surface area contributed by atoms with E-state index in [1.54, 1.807) is 0 Å². The molecule has 0 amide bonds. The van der Waals surface area contributed by atoms with Gasteiger partial charge in [-0.05, 0) is 69.1 Å². The van der Waals surface area contributed by atoms with Crippen LogP contribution in [-0.4, -0.2) is 96.7 Å². The second-order valence-electron chi connectivity index (χ2n) is 28.6. The Hall–Kier alpha value is -2.46. The fraction of sp³-hybridized carbons (Fsp3) is 0.897. The third kappa shape index (κ3) is 70.4. The molecule has 0 aromatic rings. The predicted molar refractivity (Wildman–Crippen MR) is 395 cm³/mol. The molecule has 0 fully saturated rings. The van der Waals surface area contributed by atoms with Crippen LogP contribution in [0.2, 0.25) is 0 Å². The SMILES string of the molecule is CCCCCC/C=C\C=C/CCCCCCCC(=O)O[C@H](COC(=O)CCCCCCCCCCCCCCC(C)C)COP(=O)(O)OC[C@@H](O)COP(=O)(O)OC[C@@H](COC(=O)CCCCCCCCC(C)CC)OC(=O)CCCCCCCCCCCCCCCCC(C)C. The average Bonchev–Trinajstić information content (AvgIpc) is 1.05. The molecule has 3 unspecified atom stereocenters. The summed E-state index contributed by atoms with van der Waals surface area (Å²) in [6, 6.07) is 0. The number of allylic oxidation sites excluding steroid dienone is 4. The van der Waals surface area contributed by atoms with Crippen LogP contribution in [0.1, 0.15) is 376 Å². The molecule has 0 spiro atoms. The third-order valence-corrected chi connectivity index (χ3v) is 19.8. The van der Waals surface area contributed by atoms with Gasteiger partial charge in [-0.2, -0.15) is 0 Å². The lowest BCUT2D eigenvalue weighted by atomic mass is 10.00. The molecule has 19 heteroatoms. The van der Waals surface area contributed by atoms with Crippen molar-refractivity contribution in [1.82, 2.24) is 0 Å². The summed E-state index contributed by atoms with van der Waals surface area (Å²) in [5, 5.41) is 10.6. The monoisotopic (exact) mass is 1420 g/mol. The lowest BCUT2D eigenvalue weighted by Gasteiger charge is -2.21. The molecular formula is C78H148O17P2. The van der Waals surface area contributed by atoms with Crippen LogP contribution in [0.3, 0.4) is 0 Å². The van der Waals surface area contributed by atoms with Gasteiger partial charge in [0.2, 0.25) is 0 Å². The molecule has 3 N–H and O–H groups in total. The number of aliphatic hydroxyl groups is 1. The number of phosphoric ester groups is 2. The molecule has 0 aliphatic rings. The number of unbranched alkanes of at least 4 members (excludes halogenated alkanes) is 38. The summed E-state index contributed by atoms with van der Waals surface area (Å²) in [6.07, 6.45) is 57.7. The van der Waals surface area contributed by atoms with Crippen molar-refractivity contribution in [3.05, 3.63) is 24.3 Å². The number of aliphatic hydroxyl groups excluding tert-OH is 1. The van der Waals surface area contributed by atoms with Gasteiger partial charge in [0.25, 0.3) is 0 Å². The highest BCUT2D eigenvalue weighted by molar-refractivity contribution is 7.47. The van der Waals surface area contributed by atoms with Crippen molar-refractivity contribution in [2.45, 2.75) is 394 Å². The van der Waals surface area contributed by atoms with Crippen molar-refractivity contribution in [2.24, 2.45) is 17.8 Å². The van der Waals surface area contributed by atoms with Crippen molar-refractivity contribution in [2.75, 3.05) is 39.6 Å². The zero-order valence-electron chi connectivity index (χ0n) is 63.0. The number of rotatable bonds is 74. The van der Waals surface area contributed by atoms with Crippen LogP contribution < -0.4 is 0 Å². The van der Waals surface area contributed by atoms with Gasteiger partial charge in [0.05, 0.1) is 26.4 Å². The minimum absolute atomic E-state index is 0.0847. The standard InChI is InChI=1S/C78H148O17P2/c1-8-10-11-12-13-14-15-16-17-21-28-33-38-47-54-61-77(82)94-73(65-88-75(80)59-52-45-37-32-27-24-23-26-31-36-43-50-57-70(5)6)67-92-96(84,85)90-63-72(79)64-91-97(86,87)93-68-74(66-89-76(81)60-53-46-41-40-44-51-58-71(7)9-2)95-78(83)62-55-48-39-34-29-22-19-18-20-25-30-35-42-49-56-69(3)4/h14-17,69-74,79H,8-13,18-68H2,1-7H3,(H,84,85)(H,86,87)/b15-14-,17-16-/t71?,72-,73-,74-/m1/s1. The summed E-state index contributed by atoms with van der Waals surface area (Å²) < 4.78 is 68.6. The lowest BCUT2D eigenvalue weighted by Crippen LogP contribution is -2.30. The molecule has 0 aromatic heterocycles. The highest BCUT2D eigenvalue weighted by Gasteiger charge is 2.30. The minimum atomic E-state index is -4.97. The number of ether oxygens (including phenoxy) is 4. The Kier molecular flexibility index (Phi) is 66.3. The molecular weight excluding hydrogens is 1270 g/mol. The fourth-order valence-corrected chi connectivity index (χ4v) is 13.0. The Morgan fingerprint density at radius 1 is 0.340 bits per heavy atom. The first-order valence-electron chi connectivity index (χ1n) is 39.7. The second kappa shape index (κ2) is 68.0. The molecule has 572 valence electrons. The van der Waals surface area contributed by atoms with Crippen molar-refractivity contribution >= 4 is 39.5 Å². The third-order valence-electron chi connectivity index (χ3n) is 17.9. The number of esters is 4. The fourth-order valence-electron chi connectivity index (χ4n) is 11.4. The largest absolute Gasteiger partial charge is 0.472 e. The van der Waals surface area contributed by atoms with Crippen LogP contribution in [-0.2, 0) is 65.4 Å². The van der Waals surface area contributed by atoms with E-state index in [4.69, 9.17) is 37.0 Å². The quantitative estimate of drug-likeness (QED) is 0.0169. The van der Waals surface area contributed by atoms with E-state index in [2.05, 4.69) is 72.8 Å². The molecule has 0 rings (SSSR count). The van der Waals surface area contributed by atoms with Crippen molar-refractivity contribution in [3.8, 4) is 0 Å². The van der Waals surface area contributed by atoms with E-state index in [0.29, 0.717) is 25.7 Å². The van der Waals surface area contributed by atoms with Gasteiger partial charge in [-0.3, -0.25) is 37.3 Å². The molecule has 0 saturated heterocycles. The highest BCUT2D eigenvalue weighted by Crippen LogP contribution is 2.45. The van der Waals surface area contributed by atoms with Gasteiger partial charge in [-0.1, -0.05) is 323 Å². The summed E-state index contributed by atoms with van der Waals surface area (Å²) in [5.41, 5.74) is 0. The second-order valence-corrected chi connectivity index (χ2v) is 31.5. The lowest BCUT2D eigenvalue weighted by molar-refractivity contribution is -0.161. The van der Waals surface area contributed by atoms with Crippen LogP contribution in [0.5, 0.6) is 0 Å². The molecule has 17 nitrogen and oxygen atoms in total. The van der Waals surface area contributed by atoms with E-state index < -0.39 is 97.5 Å². The first-order valence-corrected chi connectivity index (χ1v) is 42.7. The molecule has 0 radical (unpaired) electrons. The summed E-state index contributed by atoms with van der Waals surface area (Å²) >= 11 is 0. The molecule has 0 aliphatic heterocycles. The first-order chi connectivity index (χ1) is 46.8. The molecule has 6 atom stereocenters. The molecule has 97 heavy (non-hydrogen) atoms. The van der Waals surface area contributed by atoms with E-state index >= 15 is 0 Å². The Bertz CT molecular complexity index is 1980. The smallest absolute Gasteiger partial charge is 0.462 e. The predicted octanol–water partition coefficient (Wildman–Crippen LogP) is 22.5. The summed E-state index contributed by atoms with van der Waals surface area (Å²) in [4.78, 5) is 72.9. The van der Waals surface area contributed by atoms with Gasteiger partial charge in [0.1, 0.15) is 19.3 Å². The van der Waals surface area contributed by atoms with E-state index in [1.165, 1.54) is 167 Å². The summed E-state index contributed by atoms with van der Waals surface area (Å²) in [6.45, 7) is 11.8. The van der Waals surface area contributed by atoms with Gasteiger partial charge in [0, 0.05) is 25.7 Å². The van der Waals surface area contributed by atoms with Crippen LogP contribution in [0.4, 0.5) is 0 Å². The van der Waals surface area contributed by atoms with Gasteiger partial charge in [0.15, 0.2) is 12.2 Å². The van der Waals surface area contributed by atoms with Gasteiger partial charge < -0.3 is 33.8 Å². The Morgan fingerprint density at radius 3 is 0.918 bits per heavy atom. The van der Waals surface area contributed by atoms with E-state index in [0.717, 1.165) is 127 Å². The van der Waals surface area contributed by atoms with E-state index in [1.807, 2.05) is 0 Å². The Labute approximate surface area is 592 Å². The van der Waals surface area contributed by atoms with Crippen LogP contribution in [0, 0.1) is 17.8 Å². The van der Waals surface area contributed by atoms with Crippen molar-refractivity contribution < 1.29 is 80.2 Å². The number of hydrogen-bond donors (Lipinski definition) is 3. The van der Waals surface area contributed by atoms with E-state index in [-0.39, 0.29) is 25.7 Å². The van der Waals surface area contributed by atoms with Crippen molar-refractivity contribution in [1.29, 1.82) is 0 Å². The molecule has 0 saturated carbocycles. The van der Waals surface area contributed by atoms with Gasteiger partial charge in [-0.25, -0.2) is 9.13 Å². The number of hydrogen-bond acceptors (Lipinski definition) is 15. The summed E-state index contributed by atoms with van der Waals surface area (Å²) in [7, 11) is -9.93. The average molecular weight is 1420 g/mol. The van der Waals surface area contributed by atoms with Crippen LogP contribution in [0.25, 0.3) is 0 Å². The Morgan fingerprint density at radius 2 is 0.608 bits per heavy atom. The van der Waals surface area contributed by atoms with Crippen LogP contribution in [0.15, 0.2) is 24.3 Å². The maximum absolute atomic E-state index is 13.1. The maximum Gasteiger partial charge on any atom is 0.472 e. The molecule has 0 aliphatic carbocycles. The minimum Gasteiger partial charge on any atom is -0.462 e. The Balaban J connectivity index is 5.28. The topological polar surface area (TPSA) is 237 Å². The maximum atomic E-state index is 13.1. The number of carbonyl (C=O) groups is 4. The zero-order valence-corrected chi connectivity index (χ0v) is 64.8. The normalized spacial score (nSPS) is 14.5. The highest BCUT2D eigenvalue weighted by atomic mass is 31.2. The number of phosphoric acid groups is 2. The number of carbonyl (C=O) groups excluding carboxylic acids is 4. The zero-order chi connectivity index (χ0) is 71.6. The van der Waals surface area contributed by atoms with Gasteiger partial charge in [-0.15, -0.1) is 0 Å². The van der Waals surface area contributed by atoms with Crippen molar-refractivity contribution in [3.63, 3.8) is 0 Å². The van der Waals surface area contributed by atoms with Gasteiger partial charge >= 0.3 is 39.5 Å². The first kappa shape index (κ1) is 94.5. The van der Waals surface area contributed by atoms with E-state index in [9.17, 15) is 43.2 Å². The summed E-state index contributed by atoms with van der Waals surface area (Å²) in [5.74, 6) is 0.156.